The van der Waals surface area contributed by atoms with Crippen LogP contribution in [0, 0.1) is 0 Å². The molecule has 4 heteroatoms. The van der Waals surface area contributed by atoms with E-state index in [0.29, 0.717) is 10.5 Å². The van der Waals surface area contributed by atoms with Crippen LogP contribution in [0.25, 0.3) is 16.6 Å². The van der Waals surface area contributed by atoms with E-state index in [4.69, 9.17) is 4.98 Å². The Morgan fingerprint density at radius 2 is 1.46 bits per heavy atom. The summed E-state index contributed by atoms with van der Waals surface area (Å²) in [5, 5.41) is 1.52. The molecule has 3 aromatic carbocycles. The Bertz CT molecular complexity index is 1090. The normalized spacial score (nSPS) is 12.2. The van der Waals surface area contributed by atoms with E-state index in [2.05, 4.69) is 19.1 Å². The van der Waals surface area contributed by atoms with Gasteiger partial charge in [0, 0.05) is 5.25 Å². The summed E-state index contributed by atoms with van der Waals surface area (Å²) in [7, 11) is 0. The van der Waals surface area contributed by atoms with Crippen molar-refractivity contribution >= 4 is 22.7 Å². The maximum Gasteiger partial charge on any atom is 0.266 e. The third-order valence-electron chi connectivity index (χ3n) is 4.31. The maximum absolute atomic E-state index is 13.2. The van der Waals surface area contributed by atoms with Crippen LogP contribution >= 0.6 is 11.8 Å². The molecule has 4 aromatic rings. The van der Waals surface area contributed by atoms with E-state index in [-0.39, 0.29) is 10.8 Å². The van der Waals surface area contributed by atoms with Crippen LogP contribution in [-0.2, 0) is 0 Å². The molecule has 0 radical (unpaired) electrons. The van der Waals surface area contributed by atoms with Crippen LogP contribution in [0.2, 0.25) is 0 Å². The number of benzene rings is 3. The highest BCUT2D eigenvalue weighted by Gasteiger charge is 2.16. The first-order valence-electron chi connectivity index (χ1n) is 8.53. The highest BCUT2D eigenvalue weighted by molar-refractivity contribution is 7.99. The molecule has 1 atom stereocenters. The second-order valence-electron chi connectivity index (χ2n) is 6.06. The molecule has 0 saturated heterocycles. The second kappa shape index (κ2) is 7.18. The lowest BCUT2D eigenvalue weighted by atomic mass is 10.2. The molecule has 0 unspecified atom stereocenters. The van der Waals surface area contributed by atoms with Gasteiger partial charge in [0.2, 0.25) is 0 Å². The van der Waals surface area contributed by atoms with Gasteiger partial charge in [0.1, 0.15) is 0 Å². The van der Waals surface area contributed by atoms with Gasteiger partial charge in [-0.2, -0.15) is 0 Å². The fraction of sp³-hybridized carbons (Fsp3) is 0.0909. The van der Waals surface area contributed by atoms with Crippen molar-refractivity contribution in [2.45, 2.75) is 17.3 Å². The van der Waals surface area contributed by atoms with Gasteiger partial charge in [-0.15, -0.1) is 0 Å². The number of aromatic nitrogens is 2. The smallest absolute Gasteiger partial charge is 0.266 e. The van der Waals surface area contributed by atoms with Gasteiger partial charge in [-0.3, -0.25) is 9.36 Å². The zero-order chi connectivity index (χ0) is 17.9. The van der Waals surface area contributed by atoms with E-state index in [9.17, 15) is 4.79 Å². The largest absolute Gasteiger partial charge is 0.268 e. The Morgan fingerprint density at radius 3 is 2.19 bits per heavy atom. The molecule has 0 amide bonds. The van der Waals surface area contributed by atoms with Gasteiger partial charge in [0.05, 0.1) is 16.6 Å². The predicted octanol–water partition coefficient (Wildman–Crippen LogP) is 5.24. The number of rotatable bonds is 4. The standard InChI is InChI=1S/C22H18N2OS/c1-16(17-10-4-2-5-11-17)26-22-23-20-15-9-8-14-19(20)21(25)24(22)18-12-6-3-7-13-18/h2-16H,1H3/t16-/m1/s1. The van der Waals surface area contributed by atoms with E-state index in [1.54, 1.807) is 16.3 Å². The van der Waals surface area contributed by atoms with E-state index in [0.717, 1.165) is 11.2 Å². The number of thioether (sulfide) groups is 1. The molecular weight excluding hydrogens is 340 g/mol. The van der Waals surface area contributed by atoms with Crippen LogP contribution in [0.5, 0.6) is 0 Å². The Kier molecular flexibility index (Phi) is 4.59. The van der Waals surface area contributed by atoms with Gasteiger partial charge in [0.15, 0.2) is 5.16 Å². The first kappa shape index (κ1) is 16.6. The van der Waals surface area contributed by atoms with Crippen molar-refractivity contribution in [2.24, 2.45) is 0 Å². The van der Waals surface area contributed by atoms with Crippen molar-refractivity contribution in [1.29, 1.82) is 0 Å². The van der Waals surface area contributed by atoms with Gasteiger partial charge in [-0.05, 0) is 36.8 Å². The summed E-state index contributed by atoms with van der Waals surface area (Å²) in [6, 6.07) is 27.5. The lowest BCUT2D eigenvalue weighted by Gasteiger charge is -2.16. The molecular formula is C22H18N2OS. The quantitative estimate of drug-likeness (QED) is 0.370. The average molecular weight is 358 g/mol. The monoisotopic (exact) mass is 358 g/mol. The Morgan fingerprint density at radius 1 is 0.846 bits per heavy atom. The minimum Gasteiger partial charge on any atom is -0.268 e. The molecule has 0 fully saturated rings. The Balaban J connectivity index is 1.88. The number of para-hydroxylation sites is 2. The zero-order valence-corrected chi connectivity index (χ0v) is 15.2. The van der Waals surface area contributed by atoms with Gasteiger partial charge < -0.3 is 0 Å². The fourth-order valence-electron chi connectivity index (χ4n) is 2.95. The summed E-state index contributed by atoms with van der Waals surface area (Å²) < 4.78 is 1.71. The summed E-state index contributed by atoms with van der Waals surface area (Å²) in [6.45, 7) is 2.14. The molecule has 1 aromatic heterocycles. The number of fused-ring (bicyclic) bond motifs is 1. The summed E-state index contributed by atoms with van der Waals surface area (Å²) in [4.78, 5) is 18.0. The van der Waals surface area contributed by atoms with E-state index < -0.39 is 0 Å². The number of hydrogen-bond donors (Lipinski definition) is 0. The first-order valence-corrected chi connectivity index (χ1v) is 9.41. The van der Waals surface area contributed by atoms with Gasteiger partial charge >= 0.3 is 0 Å². The topological polar surface area (TPSA) is 34.9 Å². The van der Waals surface area contributed by atoms with Gasteiger partial charge in [0.25, 0.3) is 5.56 Å². The molecule has 3 nitrogen and oxygen atoms in total. The van der Waals surface area contributed by atoms with Crippen LogP contribution in [0.15, 0.2) is 94.9 Å². The van der Waals surface area contributed by atoms with Gasteiger partial charge in [-0.1, -0.05) is 72.4 Å². The van der Waals surface area contributed by atoms with E-state index in [1.807, 2.05) is 72.8 Å². The molecule has 1 heterocycles. The maximum atomic E-state index is 13.2. The predicted molar refractivity (Wildman–Crippen MR) is 108 cm³/mol. The van der Waals surface area contributed by atoms with E-state index in [1.165, 1.54) is 5.56 Å². The molecule has 4 rings (SSSR count). The molecule has 128 valence electrons. The molecule has 0 aliphatic carbocycles. The number of hydrogen-bond acceptors (Lipinski definition) is 3. The third kappa shape index (κ3) is 3.16. The summed E-state index contributed by atoms with van der Waals surface area (Å²) in [5.41, 5.74) is 2.73. The second-order valence-corrected chi connectivity index (χ2v) is 7.37. The summed E-state index contributed by atoms with van der Waals surface area (Å²) in [5.74, 6) is 0. The van der Waals surface area contributed by atoms with Crippen molar-refractivity contribution < 1.29 is 0 Å². The lowest BCUT2D eigenvalue weighted by Crippen LogP contribution is -2.21. The van der Waals surface area contributed by atoms with Crippen LogP contribution < -0.4 is 5.56 Å². The number of nitrogens with zero attached hydrogens (tertiary/aromatic N) is 2. The zero-order valence-electron chi connectivity index (χ0n) is 14.4. The minimum atomic E-state index is -0.0374. The first-order chi connectivity index (χ1) is 12.7. The molecule has 0 aliphatic rings. The highest BCUT2D eigenvalue weighted by Crippen LogP contribution is 2.34. The fourth-order valence-corrected chi connectivity index (χ4v) is 4.00. The lowest BCUT2D eigenvalue weighted by molar-refractivity contribution is 0.815. The molecule has 0 N–H and O–H groups in total. The Labute approximate surface area is 156 Å². The van der Waals surface area contributed by atoms with Crippen molar-refractivity contribution in [3.63, 3.8) is 0 Å². The molecule has 0 aliphatic heterocycles. The van der Waals surface area contributed by atoms with Crippen LogP contribution in [0.4, 0.5) is 0 Å². The molecule has 0 spiro atoms. The van der Waals surface area contributed by atoms with Gasteiger partial charge in [-0.25, -0.2) is 4.98 Å². The van der Waals surface area contributed by atoms with Crippen LogP contribution in [0.3, 0.4) is 0 Å². The third-order valence-corrected chi connectivity index (χ3v) is 5.42. The highest BCUT2D eigenvalue weighted by atomic mass is 32.2. The van der Waals surface area contributed by atoms with Crippen molar-refractivity contribution in [3.05, 3.63) is 101 Å². The van der Waals surface area contributed by atoms with E-state index >= 15 is 0 Å². The molecule has 0 bridgehead atoms. The summed E-state index contributed by atoms with van der Waals surface area (Å²) >= 11 is 1.60. The Hall–Kier alpha value is -2.85. The van der Waals surface area contributed by atoms with Crippen LogP contribution in [0.1, 0.15) is 17.7 Å². The van der Waals surface area contributed by atoms with Crippen molar-refractivity contribution in [1.82, 2.24) is 9.55 Å². The van der Waals surface area contributed by atoms with Crippen LogP contribution in [-0.4, -0.2) is 9.55 Å². The van der Waals surface area contributed by atoms with Crippen molar-refractivity contribution in [2.75, 3.05) is 0 Å². The molecule has 26 heavy (non-hydrogen) atoms. The molecule has 0 saturated carbocycles. The average Bonchev–Trinajstić information content (AvgIpc) is 2.69. The van der Waals surface area contributed by atoms with Crippen molar-refractivity contribution in [3.8, 4) is 5.69 Å². The minimum absolute atomic E-state index is 0.0374. The SMILES string of the molecule is C[C@@H](Sc1nc2ccccc2c(=O)n1-c1ccccc1)c1ccccc1. The summed E-state index contributed by atoms with van der Waals surface area (Å²) in [6.07, 6.45) is 0.